The highest BCUT2D eigenvalue weighted by atomic mass is 32.2. The normalized spacial score (nSPS) is 11.5. The molecule has 2 aromatic rings. The number of benzene rings is 2. The predicted molar refractivity (Wildman–Crippen MR) is 73.0 cm³/mol. The number of halogens is 3. The second-order valence-electron chi connectivity index (χ2n) is 4.60. The summed E-state index contributed by atoms with van der Waals surface area (Å²) in [7, 11) is -4.09. The minimum Gasteiger partial charge on any atom is -0.277 e. The number of sulfonamides is 1. The van der Waals surface area contributed by atoms with Crippen LogP contribution in [0.2, 0.25) is 0 Å². The molecule has 21 heavy (non-hydrogen) atoms. The Labute approximate surface area is 120 Å². The fraction of sp³-hybridized carbons (Fsp3) is 0.143. The summed E-state index contributed by atoms with van der Waals surface area (Å²) in [5, 5.41) is 0. The number of rotatable bonds is 3. The van der Waals surface area contributed by atoms with Gasteiger partial charge in [0.1, 0.15) is 17.5 Å². The summed E-state index contributed by atoms with van der Waals surface area (Å²) in [4.78, 5) is -0.192. The molecule has 7 heteroatoms. The van der Waals surface area contributed by atoms with E-state index in [1.807, 2.05) is 4.72 Å². The zero-order valence-corrected chi connectivity index (χ0v) is 12.1. The maximum absolute atomic E-state index is 13.5. The molecule has 0 atom stereocenters. The lowest BCUT2D eigenvalue weighted by atomic mass is 10.1. The molecule has 2 rings (SSSR count). The van der Waals surface area contributed by atoms with E-state index >= 15 is 0 Å². The van der Waals surface area contributed by atoms with Crippen molar-refractivity contribution in [2.75, 3.05) is 4.72 Å². The summed E-state index contributed by atoms with van der Waals surface area (Å²) in [6.07, 6.45) is 0. The van der Waals surface area contributed by atoms with E-state index in [0.717, 1.165) is 24.3 Å². The summed E-state index contributed by atoms with van der Waals surface area (Å²) in [6.45, 7) is 2.86. The summed E-state index contributed by atoms with van der Waals surface area (Å²) in [5.74, 6) is -2.35. The van der Waals surface area contributed by atoms with Crippen molar-refractivity contribution in [3.8, 4) is 0 Å². The van der Waals surface area contributed by atoms with Gasteiger partial charge in [0.25, 0.3) is 10.0 Å². The number of nitrogens with one attached hydrogen (secondary N) is 1. The largest absolute Gasteiger partial charge is 0.277 e. The van der Waals surface area contributed by atoms with Gasteiger partial charge < -0.3 is 0 Å². The van der Waals surface area contributed by atoms with Crippen LogP contribution < -0.4 is 4.72 Å². The van der Waals surface area contributed by atoms with E-state index in [9.17, 15) is 21.6 Å². The molecule has 0 fully saturated rings. The van der Waals surface area contributed by atoms with Crippen LogP contribution in [0, 0.1) is 31.3 Å². The van der Waals surface area contributed by atoms with Crippen LogP contribution in [-0.2, 0) is 10.0 Å². The maximum Gasteiger partial charge on any atom is 0.262 e. The summed E-state index contributed by atoms with van der Waals surface area (Å²) in [5.41, 5.74) is -0.0547. The summed E-state index contributed by atoms with van der Waals surface area (Å²) < 4.78 is 66.1. The van der Waals surface area contributed by atoms with Gasteiger partial charge >= 0.3 is 0 Å². The van der Waals surface area contributed by atoms with Gasteiger partial charge in [-0.1, -0.05) is 0 Å². The van der Waals surface area contributed by atoms with Crippen molar-refractivity contribution in [3.63, 3.8) is 0 Å². The average Bonchev–Trinajstić information content (AvgIpc) is 2.38. The van der Waals surface area contributed by atoms with E-state index < -0.39 is 27.5 Å². The smallest absolute Gasteiger partial charge is 0.262 e. The van der Waals surface area contributed by atoms with E-state index in [1.54, 1.807) is 0 Å². The Hall–Kier alpha value is -2.02. The fourth-order valence-corrected chi connectivity index (χ4v) is 3.07. The lowest BCUT2D eigenvalue weighted by Crippen LogP contribution is -2.15. The van der Waals surface area contributed by atoms with Crippen LogP contribution in [-0.4, -0.2) is 8.42 Å². The van der Waals surface area contributed by atoms with Gasteiger partial charge in [0, 0.05) is 6.07 Å². The van der Waals surface area contributed by atoms with Crippen molar-refractivity contribution in [2.24, 2.45) is 0 Å². The Morgan fingerprint density at radius 2 is 1.52 bits per heavy atom. The van der Waals surface area contributed by atoms with Crippen LogP contribution in [0.5, 0.6) is 0 Å². The molecule has 0 saturated heterocycles. The topological polar surface area (TPSA) is 46.2 Å². The van der Waals surface area contributed by atoms with Crippen LogP contribution in [0.15, 0.2) is 35.2 Å². The Kier molecular flexibility index (Phi) is 3.95. The Balaban J connectivity index is 2.43. The number of aryl methyl sites for hydroxylation is 2. The molecule has 0 radical (unpaired) electrons. The minimum absolute atomic E-state index is 0.162. The molecular weight excluding hydrogens is 303 g/mol. The number of hydrogen-bond donors (Lipinski definition) is 1. The van der Waals surface area contributed by atoms with Crippen molar-refractivity contribution in [1.82, 2.24) is 0 Å². The third-order valence-corrected chi connectivity index (χ3v) is 4.24. The van der Waals surface area contributed by atoms with Gasteiger partial charge in [0.2, 0.25) is 0 Å². The minimum atomic E-state index is -4.09. The first-order chi connectivity index (χ1) is 9.70. The van der Waals surface area contributed by atoms with Gasteiger partial charge in [-0.15, -0.1) is 0 Å². The number of hydrogen-bond acceptors (Lipinski definition) is 2. The Bertz CT molecular complexity index is 781. The first kappa shape index (κ1) is 15.4. The SMILES string of the molecule is Cc1cc(S(=O)(=O)Nc2ccc(F)cc2F)cc(C)c1F. The molecule has 0 unspecified atom stereocenters. The molecule has 0 bridgehead atoms. The van der Waals surface area contributed by atoms with Gasteiger partial charge in [0.15, 0.2) is 0 Å². The number of anilines is 1. The highest BCUT2D eigenvalue weighted by Gasteiger charge is 2.19. The molecule has 112 valence electrons. The molecule has 1 N–H and O–H groups in total. The average molecular weight is 315 g/mol. The predicted octanol–water partition coefficient (Wildman–Crippen LogP) is 3.52. The van der Waals surface area contributed by atoms with Crippen molar-refractivity contribution in [1.29, 1.82) is 0 Å². The van der Waals surface area contributed by atoms with Crippen LogP contribution in [0.3, 0.4) is 0 Å². The molecule has 0 aromatic heterocycles. The molecule has 0 aliphatic carbocycles. The molecule has 3 nitrogen and oxygen atoms in total. The highest BCUT2D eigenvalue weighted by Crippen LogP contribution is 2.23. The molecule has 0 amide bonds. The quantitative estimate of drug-likeness (QED) is 0.942. The third-order valence-electron chi connectivity index (χ3n) is 2.90. The zero-order chi connectivity index (χ0) is 15.8. The second kappa shape index (κ2) is 5.40. The van der Waals surface area contributed by atoms with Gasteiger partial charge in [-0.05, 0) is 49.2 Å². The first-order valence-electron chi connectivity index (χ1n) is 5.95. The highest BCUT2D eigenvalue weighted by molar-refractivity contribution is 7.92. The Morgan fingerprint density at radius 3 is 2.05 bits per heavy atom. The maximum atomic E-state index is 13.5. The molecule has 0 aliphatic heterocycles. The van der Waals surface area contributed by atoms with Gasteiger partial charge in [0.05, 0.1) is 10.6 Å². The van der Waals surface area contributed by atoms with Crippen molar-refractivity contribution in [2.45, 2.75) is 18.7 Å². The Morgan fingerprint density at radius 1 is 0.952 bits per heavy atom. The lowest BCUT2D eigenvalue weighted by molar-refractivity contribution is 0.582. The summed E-state index contributed by atoms with van der Waals surface area (Å²) in [6, 6.07) is 4.77. The fourth-order valence-electron chi connectivity index (χ4n) is 1.84. The van der Waals surface area contributed by atoms with E-state index in [1.165, 1.54) is 13.8 Å². The summed E-state index contributed by atoms with van der Waals surface area (Å²) >= 11 is 0. The van der Waals surface area contributed by atoms with Crippen molar-refractivity contribution >= 4 is 15.7 Å². The van der Waals surface area contributed by atoms with Crippen LogP contribution in [0.1, 0.15) is 11.1 Å². The van der Waals surface area contributed by atoms with E-state index in [0.29, 0.717) is 6.07 Å². The van der Waals surface area contributed by atoms with E-state index in [4.69, 9.17) is 0 Å². The van der Waals surface area contributed by atoms with Crippen molar-refractivity contribution < 1.29 is 21.6 Å². The molecule has 0 spiro atoms. The van der Waals surface area contributed by atoms with Gasteiger partial charge in [-0.2, -0.15) is 0 Å². The standard InChI is InChI=1S/C14H12F3NO2S/c1-8-5-11(6-9(2)14(8)17)21(19,20)18-13-4-3-10(15)7-12(13)16/h3-7,18H,1-2H3. The van der Waals surface area contributed by atoms with E-state index in [2.05, 4.69) is 0 Å². The van der Waals surface area contributed by atoms with Gasteiger partial charge in [-0.3, -0.25) is 4.72 Å². The first-order valence-corrected chi connectivity index (χ1v) is 7.43. The molecule has 0 saturated carbocycles. The lowest BCUT2D eigenvalue weighted by Gasteiger charge is -2.11. The monoisotopic (exact) mass is 315 g/mol. The van der Waals surface area contributed by atoms with Crippen molar-refractivity contribution in [3.05, 3.63) is 58.9 Å². The van der Waals surface area contributed by atoms with Crippen LogP contribution in [0.25, 0.3) is 0 Å². The molecule has 0 heterocycles. The third kappa shape index (κ3) is 3.18. The zero-order valence-electron chi connectivity index (χ0n) is 11.2. The molecule has 2 aromatic carbocycles. The van der Waals surface area contributed by atoms with E-state index in [-0.39, 0.29) is 21.7 Å². The second-order valence-corrected chi connectivity index (χ2v) is 6.28. The molecular formula is C14H12F3NO2S. The van der Waals surface area contributed by atoms with Gasteiger partial charge in [-0.25, -0.2) is 21.6 Å². The molecule has 0 aliphatic rings. The van der Waals surface area contributed by atoms with Crippen LogP contribution in [0.4, 0.5) is 18.9 Å². The van der Waals surface area contributed by atoms with Crippen LogP contribution >= 0.6 is 0 Å².